The van der Waals surface area contributed by atoms with E-state index in [1.807, 2.05) is 47.4 Å². The van der Waals surface area contributed by atoms with Crippen molar-refractivity contribution in [2.75, 3.05) is 34.2 Å². The number of aromatic nitrogens is 1. The van der Waals surface area contributed by atoms with Crippen LogP contribution in [0.25, 0.3) is 22.2 Å². The van der Waals surface area contributed by atoms with Crippen LogP contribution in [0.1, 0.15) is 27.9 Å². The molecule has 0 saturated carbocycles. The predicted molar refractivity (Wildman–Crippen MR) is 142 cm³/mol. The fraction of sp³-hybridized carbons (Fsp3) is 0.267. The quantitative estimate of drug-likeness (QED) is 0.279. The molecular formula is C30H30N2O5. The third-order valence-electron chi connectivity index (χ3n) is 6.53. The summed E-state index contributed by atoms with van der Waals surface area (Å²) in [7, 11) is 3.27. The van der Waals surface area contributed by atoms with E-state index in [1.165, 1.54) is 0 Å². The van der Waals surface area contributed by atoms with Crippen molar-refractivity contribution >= 4 is 16.8 Å². The summed E-state index contributed by atoms with van der Waals surface area (Å²) in [4.78, 5) is 20.6. The normalized spacial score (nSPS) is 12.1. The smallest absolute Gasteiger partial charge is 0.254 e. The standard InChI is InChI=1S/C30H30N2O5/c1-20-8-4-5-11-25(20)29-23(14-22-16-27-28(37-19-36-27)17-26(22)31-29)18-32(12-7-13-34-2)30(33)21-9-6-10-24(15-21)35-3/h4-6,8-11,14-17H,7,12-13,18-19H2,1-3H3. The second-order valence-corrected chi connectivity index (χ2v) is 9.01. The zero-order valence-electron chi connectivity index (χ0n) is 21.3. The van der Waals surface area contributed by atoms with Crippen molar-refractivity contribution in [1.82, 2.24) is 9.88 Å². The van der Waals surface area contributed by atoms with Crippen molar-refractivity contribution in [2.24, 2.45) is 0 Å². The van der Waals surface area contributed by atoms with E-state index in [1.54, 1.807) is 20.3 Å². The Labute approximate surface area is 216 Å². The Morgan fingerprint density at radius 3 is 2.59 bits per heavy atom. The molecule has 0 bridgehead atoms. The number of ether oxygens (including phenoxy) is 4. The highest BCUT2D eigenvalue weighted by atomic mass is 16.7. The van der Waals surface area contributed by atoms with E-state index in [9.17, 15) is 4.79 Å². The van der Waals surface area contributed by atoms with E-state index in [0.29, 0.717) is 48.9 Å². The number of amides is 1. The van der Waals surface area contributed by atoms with E-state index in [-0.39, 0.29) is 12.7 Å². The first-order valence-electron chi connectivity index (χ1n) is 12.3. The van der Waals surface area contributed by atoms with Crippen LogP contribution in [0.15, 0.2) is 66.7 Å². The fourth-order valence-electron chi connectivity index (χ4n) is 4.60. The molecule has 1 amide bonds. The van der Waals surface area contributed by atoms with Gasteiger partial charge >= 0.3 is 0 Å². The molecule has 1 aliphatic rings. The van der Waals surface area contributed by atoms with Gasteiger partial charge < -0.3 is 23.8 Å². The lowest BCUT2D eigenvalue weighted by Gasteiger charge is -2.25. The molecule has 2 heterocycles. The molecule has 0 saturated heterocycles. The van der Waals surface area contributed by atoms with Crippen molar-refractivity contribution in [1.29, 1.82) is 0 Å². The number of pyridine rings is 1. The zero-order chi connectivity index (χ0) is 25.8. The van der Waals surface area contributed by atoms with Crippen LogP contribution in [-0.2, 0) is 11.3 Å². The van der Waals surface area contributed by atoms with Crippen LogP contribution in [0.4, 0.5) is 0 Å². The van der Waals surface area contributed by atoms with Gasteiger partial charge in [-0.1, -0.05) is 30.3 Å². The Morgan fingerprint density at radius 1 is 1.00 bits per heavy atom. The van der Waals surface area contributed by atoms with Gasteiger partial charge in [0, 0.05) is 49.4 Å². The Morgan fingerprint density at radius 2 is 1.81 bits per heavy atom. The minimum Gasteiger partial charge on any atom is -0.497 e. The van der Waals surface area contributed by atoms with Gasteiger partial charge in [0.15, 0.2) is 11.5 Å². The minimum absolute atomic E-state index is 0.0727. The van der Waals surface area contributed by atoms with Crippen molar-refractivity contribution in [2.45, 2.75) is 19.9 Å². The Bertz CT molecular complexity index is 1440. The molecule has 5 rings (SSSR count). The lowest BCUT2D eigenvalue weighted by molar-refractivity contribution is 0.0723. The summed E-state index contributed by atoms with van der Waals surface area (Å²) in [6.07, 6.45) is 0.714. The average Bonchev–Trinajstić information content (AvgIpc) is 3.38. The number of carbonyl (C=O) groups is 1. The second kappa shape index (κ2) is 10.9. The number of carbonyl (C=O) groups excluding carboxylic acids is 1. The van der Waals surface area contributed by atoms with Crippen molar-refractivity contribution in [3.63, 3.8) is 0 Å². The van der Waals surface area contributed by atoms with Gasteiger partial charge in [-0.2, -0.15) is 0 Å². The highest BCUT2D eigenvalue weighted by molar-refractivity contribution is 5.95. The molecule has 0 N–H and O–H groups in total. The van der Waals surface area contributed by atoms with Gasteiger partial charge in [-0.25, -0.2) is 4.98 Å². The van der Waals surface area contributed by atoms with Crippen LogP contribution in [0.2, 0.25) is 0 Å². The van der Waals surface area contributed by atoms with Crippen LogP contribution in [0, 0.1) is 6.92 Å². The summed E-state index contributed by atoms with van der Waals surface area (Å²) in [6.45, 7) is 3.76. The van der Waals surface area contributed by atoms with E-state index < -0.39 is 0 Å². The maximum Gasteiger partial charge on any atom is 0.254 e. The van der Waals surface area contributed by atoms with Crippen LogP contribution in [-0.4, -0.2) is 50.0 Å². The van der Waals surface area contributed by atoms with Crippen LogP contribution in [0.5, 0.6) is 17.2 Å². The minimum atomic E-state index is -0.0727. The molecule has 0 atom stereocenters. The third-order valence-corrected chi connectivity index (χ3v) is 6.53. The molecule has 4 aromatic rings. The Balaban J connectivity index is 1.59. The molecule has 1 aromatic heterocycles. The summed E-state index contributed by atoms with van der Waals surface area (Å²) in [5.41, 5.74) is 5.33. The molecule has 37 heavy (non-hydrogen) atoms. The summed E-state index contributed by atoms with van der Waals surface area (Å²) < 4.78 is 21.8. The Hall–Kier alpha value is -4.10. The molecule has 3 aromatic carbocycles. The first-order chi connectivity index (χ1) is 18.1. The summed E-state index contributed by atoms with van der Waals surface area (Å²) in [5, 5.41) is 0.933. The highest BCUT2D eigenvalue weighted by Crippen LogP contribution is 2.38. The molecule has 190 valence electrons. The highest BCUT2D eigenvalue weighted by Gasteiger charge is 2.22. The number of methoxy groups -OCH3 is 2. The van der Waals surface area contributed by atoms with Crippen LogP contribution >= 0.6 is 0 Å². The maximum absolute atomic E-state index is 13.7. The molecule has 0 unspecified atom stereocenters. The van der Waals surface area contributed by atoms with Gasteiger partial charge in [-0.15, -0.1) is 0 Å². The van der Waals surface area contributed by atoms with Crippen molar-refractivity contribution in [3.05, 3.63) is 83.4 Å². The van der Waals surface area contributed by atoms with Gasteiger partial charge in [0.2, 0.25) is 6.79 Å². The van der Waals surface area contributed by atoms with Gasteiger partial charge in [0.05, 0.1) is 18.3 Å². The number of aryl methyl sites for hydroxylation is 1. The number of nitrogens with zero attached hydrogens (tertiary/aromatic N) is 2. The fourth-order valence-corrected chi connectivity index (χ4v) is 4.60. The van der Waals surface area contributed by atoms with Crippen molar-refractivity contribution in [3.8, 4) is 28.5 Å². The van der Waals surface area contributed by atoms with E-state index in [2.05, 4.69) is 25.1 Å². The average molecular weight is 499 g/mol. The number of fused-ring (bicyclic) bond motifs is 2. The van der Waals surface area contributed by atoms with Gasteiger partial charge in [-0.3, -0.25) is 4.79 Å². The molecule has 0 radical (unpaired) electrons. The number of benzene rings is 3. The maximum atomic E-state index is 13.7. The van der Waals surface area contributed by atoms with E-state index >= 15 is 0 Å². The zero-order valence-corrected chi connectivity index (χ0v) is 21.3. The lowest BCUT2D eigenvalue weighted by atomic mass is 9.98. The Kier molecular flexibility index (Phi) is 7.23. The number of hydrogen-bond donors (Lipinski definition) is 0. The first-order valence-corrected chi connectivity index (χ1v) is 12.3. The van der Waals surface area contributed by atoms with E-state index in [0.717, 1.165) is 33.3 Å². The van der Waals surface area contributed by atoms with Gasteiger partial charge in [0.1, 0.15) is 5.75 Å². The first kappa shape index (κ1) is 24.6. The van der Waals surface area contributed by atoms with Crippen LogP contribution in [0.3, 0.4) is 0 Å². The molecule has 1 aliphatic heterocycles. The number of hydrogen-bond acceptors (Lipinski definition) is 6. The van der Waals surface area contributed by atoms with E-state index in [4.69, 9.17) is 23.9 Å². The SMILES string of the molecule is COCCCN(Cc1cc2cc3c(cc2nc1-c1ccccc1C)OCO3)C(=O)c1cccc(OC)c1. The molecule has 0 fully saturated rings. The largest absolute Gasteiger partial charge is 0.497 e. The van der Waals surface area contributed by atoms with Gasteiger partial charge in [-0.05, 0) is 54.8 Å². The lowest BCUT2D eigenvalue weighted by Crippen LogP contribution is -2.32. The molecule has 7 nitrogen and oxygen atoms in total. The van der Waals surface area contributed by atoms with Crippen molar-refractivity contribution < 1.29 is 23.7 Å². The molecular weight excluding hydrogens is 468 g/mol. The summed E-state index contributed by atoms with van der Waals surface area (Å²) >= 11 is 0. The molecule has 0 spiro atoms. The summed E-state index contributed by atoms with van der Waals surface area (Å²) in [5.74, 6) is 1.97. The third kappa shape index (κ3) is 5.22. The summed E-state index contributed by atoms with van der Waals surface area (Å²) in [6, 6.07) is 21.4. The second-order valence-electron chi connectivity index (χ2n) is 9.01. The monoisotopic (exact) mass is 498 g/mol. The topological polar surface area (TPSA) is 70.1 Å². The molecule has 7 heteroatoms. The van der Waals surface area contributed by atoms with Crippen LogP contribution < -0.4 is 14.2 Å². The number of rotatable bonds is 9. The molecule has 0 aliphatic carbocycles. The predicted octanol–water partition coefficient (Wildman–Crippen LogP) is 5.63. The van der Waals surface area contributed by atoms with Gasteiger partial charge in [0.25, 0.3) is 5.91 Å².